The van der Waals surface area contributed by atoms with E-state index in [2.05, 4.69) is 41.5 Å². The van der Waals surface area contributed by atoms with Crippen molar-refractivity contribution in [1.29, 1.82) is 0 Å². The summed E-state index contributed by atoms with van der Waals surface area (Å²) in [5.41, 5.74) is 0. The van der Waals surface area contributed by atoms with Crippen LogP contribution < -0.4 is 0 Å². The monoisotopic (exact) mass is 1440 g/mol. The minimum atomic E-state index is -4.96. The number of ether oxygens (including phenoxy) is 4. The molecule has 98 heavy (non-hydrogen) atoms. The maximum Gasteiger partial charge on any atom is 0.472 e. The largest absolute Gasteiger partial charge is 0.472 e. The lowest BCUT2D eigenvalue weighted by Gasteiger charge is -2.21. The van der Waals surface area contributed by atoms with Crippen LogP contribution in [0.25, 0.3) is 0 Å². The van der Waals surface area contributed by atoms with Crippen LogP contribution in [0.5, 0.6) is 0 Å². The molecule has 3 unspecified atom stereocenters. The summed E-state index contributed by atoms with van der Waals surface area (Å²) in [6.07, 6.45) is 59.6. The number of hydrogen-bond donors (Lipinski definition) is 3. The Morgan fingerprint density at radius 2 is 0.520 bits per heavy atom. The molecule has 0 rings (SSSR count). The molecule has 0 saturated heterocycles. The number of hydrogen-bond acceptors (Lipinski definition) is 15. The molecule has 582 valence electrons. The van der Waals surface area contributed by atoms with Gasteiger partial charge in [0.05, 0.1) is 26.4 Å². The number of carbonyl (C=O) groups is 4. The van der Waals surface area contributed by atoms with Crippen molar-refractivity contribution in [2.24, 2.45) is 11.8 Å². The molecule has 0 amide bonds. The summed E-state index contributed by atoms with van der Waals surface area (Å²) < 4.78 is 68.6. The zero-order valence-corrected chi connectivity index (χ0v) is 65.9. The standard InChI is InChI=1S/C79H154O17P2/c1-7-10-12-14-16-18-19-20-28-31-38-44-50-56-62-77(82)90-68-75(95-78(83)63-57-51-45-39-32-29-26-24-22-21-23-25-27-30-37-42-48-54-60-72(6)9-3)70-94-98(87,88)92-66-73(80)65-91-97(85,86)93-69-74(67-89-76(81)61-55-49-43-35-17-15-13-11-8-2)96-79(84)64-58-52-46-40-34-33-36-41-47-53-59-71(4)5/h71-75,80H,7-70H2,1-6H3,(H,85,86)(H,87,88)/t72?,73-,74+,75+/m0/s1. The Morgan fingerprint density at radius 1 is 0.296 bits per heavy atom. The van der Waals surface area contributed by atoms with Crippen LogP contribution in [0, 0.1) is 11.8 Å². The molecular weight excluding hydrogens is 1280 g/mol. The van der Waals surface area contributed by atoms with E-state index in [1.807, 2.05) is 0 Å². The average molecular weight is 1440 g/mol. The first-order valence-electron chi connectivity index (χ1n) is 41.0. The zero-order chi connectivity index (χ0) is 72.1. The van der Waals surface area contributed by atoms with E-state index in [-0.39, 0.29) is 25.7 Å². The van der Waals surface area contributed by atoms with Crippen molar-refractivity contribution < 1.29 is 80.2 Å². The van der Waals surface area contributed by atoms with Crippen LogP contribution in [0.1, 0.15) is 414 Å². The smallest absolute Gasteiger partial charge is 0.462 e. The van der Waals surface area contributed by atoms with Crippen molar-refractivity contribution in [2.75, 3.05) is 39.6 Å². The number of aliphatic hydroxyl groups excluding tert-OH is 1. The Bertz CT molecular complexity index is 1890. The van der Waals surface area contributed by atoms with Crippen molar-refractivity contribution in [3.05, 3.63) is 0 Å². The van der Waals surface area contributed by atoms with E-state index >= 15 is 0 Å². The molecule has 3 N–H and O–H groups in total. The fraction of sp³-hybridized carbons (Fsp3) is 0.949. The second-order valence-corrected chi connectivity index (χ2v) is 32.1. The lowest BCUT2D eigenvalue weighted by Crippen LogP contribution is -2.30. The molecule has 0 fully saturated rings. The van der Waals surface area contributed by atoms with E-state index in [9.17, 15) is 43.2 Å². The summed E-state index contributed by atoms with van der Waals surface area (Å²) in [5, 5.41) is 10.6. The third kappa shape index (κ3) is 71.1. The van der Waals surface area contributed by atoms with Gasteiger partial charge in [-0.05, 0) is 37.5 Å². The molecule has 0 saturated carbocycles. The van der Waals surface area contributed by atoms with Gasteiger partial charge in [0.25, 0.3) is 0 Å². The number of phosphoric acid groups is 2. The molecule has 0 aromatic carbocycles. The maximum atomic E-state index is 13.1. The molecular formula is C79H154O17P2. The topological polar surface area (TPSA) is 237 Å². The lowest BCUT2D eigenvalue weighted by molar-refractivity contribution is -0.161. The number of rotatable bonds is 78. The van der Waals surface area contributed by atoms with Crippen LogP contribution in [-0.4, -0.2) is 96.7 Å². The van der Waals surface area contributed by atoms with Gasteiger partial charge in [-0.2, -0.15) is 0 Å². The molecule has 19 heteroatoms. The Labute approximate surface area is 600 Å². The SMILES string of the molecule is CCCCCCCCCCCCCCCCC(=O)OC[C@H](COP(=O)(O)OC[C@@H](O)COP(=O)(O)OC[C@@H](COC(=O)CCCCCCCCCCC)OC(=O)CCCCCCCCCCCCC(C)C)OC(=O)CCCCCCCCCCCCCCCCCCCCC(C)CC. The summed E-state index contributed by atoms with van der Waals surface area (Å²) in [7, 11) is -9.91. The summed E-state index contributed by atoms with van der Waals surface area (Å²) in [5.74, 6) is -0.489. The first kappa shape index (κ1) is 96.1. The minimum absolute atomic E-state index is 0.106. The quantitative estimate of drug-likeness (QED) is 0.0222. The highest BCUT2D eigenvalue weighted by Gasteiger charge is 2.30. The summed E-state index contributed by atoms with van der Waals surface area (Å²) >= 11 is 0. The van der Waals surface area contributed by atoms with E-state index in [1.165, 1.54) is 231 Å². The molecule has 0 aromatic rings. The molecule has 0 bridgehead atoms. The van der Waals surface area contributed by atoms with Gasteiger partial charge in [-0.25, -0.2) is 9.13 Å². The second kappa shape index (κ2) is 70.7. The van der Waals surface area contributed by atoms with E-state index in [0.29, 0.717) is 25.7 Å². The van der Waals surface area contributed by atoms with Crippen LogP contribution >= 0.6 is 15.6 Å². The maximum absolute atomic E-state index is 13.1. The van der Waals surface area contributed by atoms with E-state index in [1.54, 1.807) is 0 Å². The average Bonchev–Trinajstić information content (AvgIpc) is 1.28. The van der Waals surface area contributed by atoms with Crippen LogP contribution in [0.2, 0.25) is 0 Å². The van der Waals surface area contributed by atoms with E-state index in [4.69, 9.17) is 37.0 Å². The molecule has 0 radical (unpaired) electrons. The fourth-order valence-electron chi connectivity index (χ4n) is 12.2. The van der Waals surface area contributed by atoms with Crippen LogP contribution in [0.3, 0.4) is 0 Å². The molecule has 0 spiro atoms. The van der Waals surface area contributed by atoms with E-state index < -0.39 is 97.5 Å². The van der Waals surface area contributed by atoms with Gasteiger partial charge in [0, 0.05) is 25.7 Å². The highest BCUT2D eigenvalue weighted by Crippen LogP contribution is 2.45. The van der Waals surface area contributed by atoms with Crippen molar-refractivity contribution in [3.8, 4) is 0 Å². The molecule has 0 aromatic heterocycles. The number of phosphoric ester groups is 2. The first-order valence-corrected chi connectivity index (χ1v) is 44.0. The molecule has 0 aliphatic heterocycles. The van der Waals surface area contributed by atoms with Gasteiger partial charge in [-0.3, -0.25) is 37.3 Å². The Hall–Kier alpha value is -1.94. The Balaban J connectivity index is 5.19. The third-order valence-corrected chi connectivity index (χ3v) is 20.7. The van der Waals surface area contributed by atoms with Gasteiger partial charge in [0.1, 0.15) is 19.3 Å². The summed E-state index contributed by atoms with van der Waals surface area (Å²) in [4.78, 5) is 72.9. The fourth-order valence-corrected chi connectivity index (χ4v) is 13.7. The molecule has 17 nitrogen and oxygen atoms in total. The second-order valence-electron chi connectivity index (χ2n) is 29.2. The van der Waals surface area contributed by atoms with Gasteiger partial charge in [0.15, 0.2) is 12.2 Å². The highest BCUT2D eigenvalue weighted by molar-refractivity contribution is 7.47. The molecule has 0 aliphatic carbocycles. The van der Waals surface area contributed by atoms with Crippen LogP contribution in [0.15, 0.2) is 0 Å². The highest BCUT2D eigenvalue weighted by atomic mass is 31.2. The van der Waals surface area contributed by atoms with E-state index in [0.717, 1.165) is 102 Å². The Kier molecular flexibility index (Phi) is 69.3. The number of aliphatic hydroxyl groups is 1. The van der Waals surface area contributed by atoms with Crippen LogP contribution in [0.4, 0.5) is 0 Å². The normalized spacial score (nSPS) is 14.2. The van der Waals surface area contributed by atoms with Crippen molar-refractivity contribution in [2.45, 2.75) is 432 Å². The van der Waals surface area contributed by atoms with Crippen LogP contribution in [-0.2, 0) is 65.4 Å². The predicted octanol–water partition coefficient (Wildman–Crippen LogP) is 23.5. The van der Waals surface area contributed by atoms with Gasteiger partial charge in [-0.1, -0.05) is 363 Å². The van der Waals surface area contributed by atoms with Gasteiger partial charge >= 0.3 is 39.5 Å². The number of esters is 4. The molecule has 0 aliphatic rings. The molecule has 0 heterocycles. The summed E-state index contributed by atoms with van der Waals surface area (Å²) in [6, 6.07) is 0. The first-order chi connectivity index (χ1) is 47.4. The minimum Gasteiger partial charge on any atom is -0.462 e. The van der Waals surface area contributed by atoms with Gasteiger partial charge in [0.2, 0.25) is 0 Å². The molecule has 6 atom stereocenters. The van der Waals surface area contributed by atoms with Gasteiger partial charge < -0.3 is 33.8 Å². The summed E-state index contributed by atoms with van der Waals surface area (Å²) in [6.45, 7) is 9.66. The lowest BCUT2D eigenvalue weighted by atomic mass is 9.99. The third-order valence-electron chi connectivity index (χ3n) is 18.8. The van der Waals surface area contributed by atoms with Crippen molar-refractivity contribution in [1.82, 2.24) is 0 Å². The number of carbonyl (C=O) groups excluding carboxylic acids is 4. The van der Waals surface area contributed by atoms with Crippen molar-refractivity contribution >= 4 is 39.5 Å². The zero-order valence-electron chi connectivity index (χ0n) is 64.1. The Morgan fingerprint density at radius 3 is 0.776 bits per heavy atom. The predicted molar refractivity (Wildman–Crippen MR) is 400 cm³/mol. The number of unbranched alkanes of at least 4 members (excludes halogenated alkanes) is 47. The van der Waals surface area contributed by atoms with Crippen molar-refractivity contribution in [3.63, 3.8) is 0 Å². The van der Waals surface area contributed by atoms with Gasteiger partial charge in [-0.15, -0.1) is 0 Å².